The number of rotatable bonds is 4. The van der Waals surface area contributed by atoms with Gasteiger partial charge in [-0.2, -0.15) is 18.4 Å². The first-order valence-corrected chi connectivity index (χ1v) is 7.56. The zero-order valence-electron chi connectivity index (χ0n) is 13.5. The van der Waals surface area contributed by atoms with Crippen LogP contribution in [0.1, 0.15) is 18.3 Å². The summed E-state index contributed by atoms with van der Waals surface area (Å²) in [7, 11) is 0. The zero-order valence-corrected chi connectivity index (χ0v) is 13.5. The van der Waals surface area contributed by atoms with E-state index in [9.17, 15) is 13.2 Å². The lowest BCUT2D eigenvalue weighted by Crippen LogP contribution is -2.07. The molecule has 0 atom stereocenters. The predicted molar refractivity (Wildman–Crippen MR) is 85.9 cm³/mol. The second-order valence-electron chi connectivity index (χ2n) is 5.22. The SMILES string of the molecule is CCOc1ccc(-c2nn[nH]c2C#N)cc1-c1ccc(C(F)(F)F)nc1. The molecule has 6 nitrogen and oxygen atoms in total. The maximum absolute atomic E-state index is 12.7. The van der Waals surface area contributed by atoms with Crippen LogP contribution >= 0.6 is 0 Å². The van der Waals surface area contributed by atoms with Crippen molar-refractivity contribution >= 4 is 0 Å². The van der Waals surface area contributed by atoms with Gasteiger partial charge in [-0.1, -0.05) is 11.3 Å². The largest absolute Gasteiger partial charge is 0.493 e. The molecular formula is C17H12F3N5O. The highest BCUT2D eigenvalue weighted by molar-refractivity contribution is 5.77. The van der Waals surface area contributed by atoms with Crippen LogP contribution in [0.3, 0.4) is 0 Å². The van der Waals surface area contributed by atoms with Gasteiger partial charge in [0.25, 0.3) is 0 Å². The van der Waals surface area contributed by atoms with E-state index in [4.69, 9.17) is 10.00 Å². The Bertz CT molecular complexity index is 958. The lowest BCUT2D eigenvalue weighted by atomic mass is 10.0. The smallest absolute Gasteiger partial charge is 0.433 e. The summed E-state index contributed by atoms with van der Waals surface area (Å²) in [5.41, 5.74) is 1.12. The van der Waals surface area contributed by atoms with Crippen LogP contribution in [0.5, 0.6) is 5.75 Å². The summed E-state index contributed by atoms with van der Waals surface area (Å²) in [6, 6.07) is 9.23. The third-order valence-electron chi connectivity index (χ3n) is 3.58. The number of aromatic nitrogens is 4. The highest BCUT2D eigenvalue weighted by Gasteiger charge is 2.32. The summed E-state index contributed by atoms with van der Waals surface area (Å²) < 4.78 is 43.7. The first-order valence-electron chi connectivity index (χ1n) is 7.56. The number of nitrogens with zero attached hydrogens (tertiary/aromatic N) is 4. The van der Waals surface area contributed by atoms with Crippen LogP contribution in [0.4, 0.5) is 13.2 Å². The Labute approximate surface area is 146 Å². The average molecular weight is 359 g/mol. The van der Waals surface area contributed by atoms with Crippen LogP contribution in [-0.4, -0.2) is 27.0 Å². The fourth-order valence-corrected chi connectivity index (χ4v) is 2.41. The maximum atomic E-state index is 12.7. The van der Waals surface area contributed by atoms with E-state index >= 15 is 0 Å². The van der Waals surface area contributed by atoms with Gasteiger partial charge in [0.2, 0.25) is 0 Å². The Kier molecular flexibility index (Phi) is 4.58. The molecule has 0 aliphatic carbocycles. The van der Waals surface area contributed by atoms with Crippen LogP contribution in [0.25, 0.3) is 22.4 Å². The summed E-state index contributed by atoms with van der Waals surface area (Å²) in [5.74, 6) is 0.486. The Morgan fingerprint density at radius 1 is 1.19 bits per heavy atom. The van der Waals surface area contributed by atoms with Gasteiger partial charge in [-0.05, 0) is 31.2 Å². The number of benzene rings is 1. The number of hydrogen-bond acceptors (Lipinski definition) is 5. The van der Waals surface area contributed by atoms with Crippen molar-refractivity contribution in [3.63, 3.8) is 0 Å². The average Bonchev–Trinajstić information content (AvgIpc) is 3.10. The van der Waals surface area contributed by atoms with E-state index in [0.29, 0.717) is 34.7 Å². The van der Waals surface area contributed by atoms with Crippen LogP contribution in [0, 0.1) is 11.3 Å². The Balaban J connectivity index is 2.09. The summed E-state index contributed by atoms with van der Waals surface area (Å²) >= 11 is 0. The molecule has 0 radical (unpaired) electrons. The predicted octanol–water partition coefficient (Wildman–Crippen LogP) is 3.82. The van der Waals surface area contributed by atoms with Crippen LogP contribution in [0.15, 0.2) is 36.5 Å². The molecule has 0 unspecified atom stereocenters. The molecule has 0 aliphatic heterocycles. The molecule has 3 rings (SSSR count). The van der Waals surface area contributed by atoms with Crippen molar-refractivity contribution in [2.45, 2.75) is 13.1 Å². The van der Waals surface area contributed by atoms with Gasteiger partial charge in [-0.15, -0.1) is 5.10 Å². The summed E-state index contributed by atoms with van der Waals surface area (Å²) in [5, 5.41) is 19.1. The first-order chi connectivity index (χ1) is 12.4. The van der Waals surface area contributed by atoms with Crippen molar-refractivity contribution in [2.24, 2.45) is 0 Å². The number of aromatic amines is 1. The number of ether oxygens (including phenoxy) is 1. The van der Waals surface area contributed by atoms with Gasteiger partial charge in [0, 0.05) is 22.9 Å². The van der Waals surface area contributed by atoms with Gasteiger partial charge in [0.15, 0.2) is 5.69 Å². The topological polar surface area (TPSA) is 87.5 Å². The van der Waals surface area contributed by atoms with Gasteiger partial charge < -0.3 is 4.74 Å². The number of nitriles is 1. The molecule has 0 amide bonds. The van der Waals surface area contributed by atoms with Crippen molar-refractivity contribution in [1.29, 1.82) is 5.26 Å². The van der Waals surface area contributed by atoms with Gasteiger partial charge in [0.05, 0.1) is 6.61 Å². The molecule has 0 fully saturated rings. The maximum Gasteiger partial charge on any atom is 0.433 e. The second-order valence-corrected chi connectivity index (χ2v) is 5.22. The Morgan fingerprint density at radius 2 is 1.96 bits per heavy atom. The number of H-pyrrole nitrogens is 1. The van der Waals surface area contributed by atoms with E-state index in [2.05, 4.69) is 20.4 Å². The Morgan fingerprint density at radius 3 is 2.58 bits per heavy atom. The molecule has 132 valence electrons. The van der Waals surface area contributed by atoms with Crippen molar-refractivity contribution in [3.8, 4) is 34.2 Å². The highest BCUT2D eigenvalue weighted by Crippen LogP contribution is 2.35. The molecule has 26 heavy (non-hydrogen) atoms. The van der Waals surface area contributed by atoms with Gasteiger partial charge >= 0.3 is 6.18 Å². The summed E-state index contributed by atoms with van der Waals surface area (Å²) in [4.78, 5) is 3.49. The lowest BCUT2D eigenvalue weighted by Gasteiger charge is -2.12. The molecule has 1 aromatic carbocycles. The zero-order chi connectivity index (χ0) is 18.7. The van der Waals surface area contributed by atoms with Crippen LogP contribution in [0.2, 0.25) is 0 Å². The standard InChI is InChI=1S/C17H12F3N5O/c1-2-26-14-5-3-10(16-13(8-21)23-25-24-16)7-12(14)11-4-6-15(22-9-11)17(18,19)20/h3-7,9H,2H2,1H3,(H,23,24,25). The third kappa shape index (κ3) is 3.35. The summed E-state index contributed by atoms with van der Waals surface area (Å²) in [6.07, 6.45) is -3.37. The van der Waals surface area contributed by atoms with E-state index in [1.807, 2.05) is 6.07 Å². The van der Waals surface area contributed by atoms with Gasteiger partial charge in [0.1, 0.15) is 23.2 Å². The van der Waals surface area contributed by atoms with Gasteiger partial charge in [-0.25, -0.2) is 5.10 Å². The third-order valence-corrected chi connectivity index (χ3v) is 3.58. The van der Waals surface area contributed by atoms with Crippen LogP contribution in [-0.2, 0) is 6.18 Å². The van der Waals surface area contributed by atoms with Crippen LogP contribution < -0.4 is 4.74 Å². The fraction of sp³-hybridized carbons (Fsp3) is 0.176. The number of halogens is 3. The molecule has 1 N–H and O–H groups in total. The molecule has 0 aliphatic rings. The van der Waals surface area contributed by atoms with Gasteiger partial charge in [-0.3, -0.25) is 4.98 Å². The minimum absolute atomic E-state index is 0.186. The molecule has 0 spiro atoms. The van der Waals surface area contributed by atoms with E-state index in [-0.39, 0.29) is 5.69 Å². The summed E-state index contributed by atoms with van der Waals surface area (Å²) in [6.45, 7) is 2.18. The van der Waals surface area contributed by atoms with Crippen molar-refractivity contribution in [1.82, 2.24) is 20.4 Å². The fourth-order valence-electron chi connectivity index (χ4n) is 2.41. The molecular weight excluding hydrogens is 347 g/mol. The lowest BCUT2D eigenvalue weighted by molar-refractivity contribution is -0.141. The number of pyridine rings is 1. The van der Waals surface area contributed by atoms with Crippen molar-refractivity contribution < 1.29 is 17.9 Å². The van der Waals surface area contributed by atoms with E-state index in [0.717, 1.165) is 12.3 Å². The molecule has 3 aromatic rings. The first kappa shape index (κ1) is 17.4. The van der Waals surface area contributed by atoms with Crippen molar-refractivity contribution in [3.05, 3.63) is 47.9 Å². The second kappa shape index (κ2) is 6.84. The number of hydrogen-bond donors (Lipinski definition) is 1. The van der Waals surface area contributed by atoms with E-state index in [1.165, 1.54) is 6.07 Å². The molecule has 2 aromatic heterocycles. The molecule has 0 saturated heterocycles. The molecule has 0 bridgehead atoms. The highest BCUT2D eigenvalue weighted by atomic mass is 19.4. The minimum Gasteiger partial charge on any atom is -0.493 e. The van der Waals surface area contributed by atoms with E-state index in [1.54, 1.807) is 25.1 Å². The quantitative estimate of drug-likeness (QED) is 0.765. The number of nitrogens with one attached hydrogen (secondary N) is 1. The Hall–Kier alpha value is -3.41. The minimum atomic E-state index is -4.51. The molecule has 0 saturated carbocycles. The molecule has 2 heterocycles. The normalized spacial score (nSPS) is 11.2. The van der Waals surface area contributed by atoms with E-state index < -0.39 is 11.9 Å². The monoisotopic (exact) mass is 359 g/mol. The molecule has 9 heteroatoms. The van der Waals surface area contributed by atoms with Crippen molar-refractivity contribution in [2.75, 3.05) is 6.61 Å². The number of alkyl halides is 3.